The Hall–Kier alpha value is -1.89. The maximum Gasteiger partial charge on any atom is 0.140 e. The summed E-state index contributed by atoms with van der Waals surface area (Å²) in [6.45, 7) is 4.53. The fraction of sp³-hybridized carbons (Fsp3) is 0.594. The number of Topliss-reactive ketones (excluding diaryl/α,β-unsaturated/α-hetero) is 1. The molecule has 1 unspecified atom stereocenters. The topological polar surface area (TPSA) is 17.1 Å². The molecule has 0 aromatic heterocycles. The lowest BCUT2D eigenvalue weighted by atomic mass is 9.83. The maximum atomic E-state index is 13.5. The molecule has 0 aliphatic heterocycles. The summed E-state index contributed by atoms with van der Waals surface area (Å²) in [6, 6.07) is 19.2. The van der Waals surface area contributed by atoms with Gasteiger partial charge in [-0.3, -0.25) is 4.79 Å². The summed E-state index contributed by atoms with van der Waals surface area (Å²) in [6.07, 6.45) is 19.6. The zero-order valence-electron chi connectivity index (χ0n) is 21.5. The molecule has 0 bridgehead atoms. The van der Waals surface area contributed by atoms with Crippen LogP contribution in [0.3, 0.4) is 0 Å². The van der Waals surface area contributed by atoms with Gasteiger partial charge in [-0.15, -0.1) is 0 Å². The van der Waals surface area contributed by atoms with Crippen molar-refractivity contribution < 1.29 is 4.79 Å². The van der Waals surface area contributed by atoms with Crippen LogP contribution in [-0.2, 0) is 4.79 Å². The average Bonchev–Trinajstić information content (AvgIpc) is 2.85. The highest BCUT2D eigenvalue weighted by molar-refractivity contribution is 5.88. The Kier molecular flexibility index (Phi) is 14.6. The summed E-state index contributed by atoms with van der Waals surface area (Å²) >= 11 is 0. The van der Waals surface area contributed by atoms with Gasteiger partial charge in [0.25, 0.3) is 0 Å². The molecule has 0 heterocycles. The monoisotopic (exact) mass is 448 g/mol. The van der Waals surface area contributed by atoms with Gasteiger partial charge in [-0.05, 0) is 29.5 Å². The highest BCUT2D eigenvalue weighted by atomic mass is 16.1. The number of rotatable bonds is 19. The minimum Gasteiger partial charge on any atom is -0.299 e. The molecule has 33 heavy (non-hydrogen) atoms. The van der Waals surface area contributed by atoms with Crippen molar-refractivity contribution in [1.29, 1.82) is 0 Å². The predicted octanol–water partition coefficient (Wildman–Crippen LogP) is 10.3. The van der Waals surface area contributed by atoms with Gasteiger partial charge in [-0.2, -0.15) is 0 Å². The Morgan fingerprint density at radius 1 is 0.606 bits per heavy atom. The third kappa shape index (κ3) is 10.7. The molecule has 0 aliphatic rings. The van der Waals surface area contributed by atoms with Gasteiger partial charge < -0.3 is 0 Å². The van der Waals surface area contributed by atoms with Crippen LogP contribution in [0.25, 0.3) is 11.1 Å². The Morgan fingerprint density at radius 2 is 1.12 bits per heavy atom. The van der Waals surface area contributed by atoms with E-state index in [-0.39, 0.29) is 5.92 Å². The molecule has 0 fully saturated rings. The van der Waals surface area contributed by atoms with Gasteiger partial charge >= 0.3 is 0 Å². The van der Waals surface area contributed by atoms with Crippen LogP contribution in [0.5, 0.6) is 0 Å². The van der Waals surface area contributed by atoms with E-state index in [0.717, 1.165) is 25.7 Å². The first-order valence-corrected chi connectivity index (χ1v) is 13.9. The third-order valence-corrected chi connectivity index (χ3v) is 6.93. The van der Waals surface area contributed by atoms with Crippen molar-refractivity contribution in [3.63, 3.8) is 0 Å². The van der Waals surface area contributed by atoms with E-state index in [4.69, 9.17) is 0 Å². The molecule has 2 aromatic rings. The average molecular weight is 449 g/mol. The molecule has 2 aromatic carbocycles. The zero-order valence-corrected chi connectivity index (χ0v) is 21.5. The number of hydrogen-bond acceptors (Lipinski definition) is 1. The molecule has 1 nitrogen and oxygen atoms in total. The quantitative estimate of drug-likeness (QED) is 0.195. The molecule has 0 radical (unpaired) electrons. The normalized spacial score (nSPS) is 12.1. The molecule has 1 atom stereocenters. The second kappa shape index (κ2) is 17.6. The summed E-state index contributed by atoms with van der Waals surface area (Å²) in [5.74, 6) is 0.495. The second-order valence-electron chi connectivity index (χ2n) is 9.75. The van der Waals surface area contributed by atoms with Gasteiger partial charge in [0.15, 0.2) is 0 Å². The summed E-state index contributed by atoms with van der Waals surface area (Å²) < 4.78 is 0. The van der Waals surface area contributed by atoms with E-state index in [1.165, 1.54) is 93.7 Å². The third-order valence-electron chi connectivity index (χ3n) is 6.93. The summed E-state index contributed by atoms with van der Waals surface area (Å²) in [4.78, 5) is 13.5. The van der Waals surface area contributed by atoms with E-state index in [0.29, 0.717) is 5.78 Å². The fourth-order valence-electron chi connectivity index (χ4n) is 4.91. The number of carbonyl (C=O) groups is 1. The molecule has 0 spiro atoms. The summed E-state index contributed by atoms with van der Waals surface area (Å²) in [5, 5.41) is 0. The van der Waals surface area contributed by atoms with Gasteiger partial charge in [0.05, 0.1) is 0 Å². The number of unbranched alkanes of at least 4 members (excludes halogenated alkanes) is 12. The Labute approximate surface area is 204 Å². The zero-order chi connectivity index (χ0) is 23.6. The fourth-order valence-corrected chi connectivity index (χ4v) is 4.91. The molecule has 0 aliphatic carbocycles. The lowest BCUT2D eigenvalue weighted by molar-refractivity contribution is -0.120. The van der Waals surface area contributed by atoms with E-state index in [1.807, 2.05) is 0 Å². The Bertz CT molecular complexity index is 748. The van der Waals surface area contributed by atoms with E-state index in [2.05, 4.69) is 68.4 Å². The van der Waals surface area contributed by atoms with Gasteiger partial charge in [-0.25, -0.2) is 0 Å². The number of ketones is 1. The van der Waals surface area contributed by atoms with Crippen molar-refractivity contribution in [2.75, 3.05) is 0 Å². The van der Waals surface area contributed by atoms with Crippen LogP contribution in [0.2, 0.25) is 0 Å². The Balaban J connectivity index is 2.00. The van der Waals surface area contributed by atoms with Crippen molar-refractivity contribution in [3.8, 4) is 11.1 Å². The minimum atomic E-state index is 0.0390. The first kappa shape index (κ1) is 27.4. The van der Waals surface area contributed by atoms with Crippen molar-refractivity contribution in [2.24, 2.45) is 0 Å². The summed E-state index contributed by atoms with van der Waals surface area (Å²) in [5.41, 5.74) is 3.70. The van der Waals surface area contributed by atoms with Crippen LogP contribution in [0.1, 0.15) is 128 Å². The van der Waals surface area contributed by atoms with Crippen molar-refractivity contribution in [2.45, 2.75) is 122 Å². The van der Waals surface area contributed by atoms with E-state index < -0.39 is 0 Å². The second-order valence-corrected chi connectivity index (χ2v) is 9.75. The lowest BCUT2D eigenvalue weighted by Gasteiger charge is -2.20. The molecular weight excluding hydrogens is 400 g/mol. The van der Waals surface area contributed by atoms with Crippen LogP contribution < -0.4 is 0 Å². The van der Waals surface area contributed by atoms with Crippen LogP contribution in [0, 0.1) is 0 Å². The highest BCUT2D eigenvalue weighted by Gasteiger charge is 2.22. The molecular formula is C32H48O. The SMILES string of the molecule is CCCCCCCCCC(=O)C(CCCCCCCCC)c1ccccc1-c1ccccc1. The smallest absolute Gasteiger partial charge is 0.140 e. The number of carbonyl (C=O) groups excluding carboxylic acids is 1. The molecule has 0 amide bonds. The molecule has 0 saturated carbocycles. The predicted molar refractivity (Wildman–Crippen MR) is 145 cm³/mol. The van der Waals surface area contributed by atoms with E-state index in [1.54, 1.807) is 0 Å². The highest BCUT2D eigenvalue weighted by Crippen LogP contribution is 2.34. The van der Waals surface area contributed by atoms with Gasteiger partial charge in [0.1, 0.15) is 5.78 Å². The standard InChI is InChI=1S/C32H48O/c1-3-5-7-9-11-13-18-26-31(32(33)27-19-14-12-10-8-6-4-2)30-25-21-20-24-29(30)28-22-16-15-17-23-28/h15-17,20-25,31H,3-14,18-19,26-27H2,1-2H3. The lowest BCUT2D eigenvalue weighted by Crippen LogP contribution is -2.14. The van der Waals surface area contributed by atoms with Crippen LogP contribution >= 0.6 is 0 Å². The molecule has 0 saturated heterocycles. The van der Waals surface area contributed by atoms with Crippen molar-refractivity contribution >= 4 is 5.78 Å². The molecule has 2 rings (SSSR count). The van der Waals surface area contributed by atoms with Crippen LogP contribution in [0.15, 0.2) is 54.6 Å². The van der Waals surface area contributed by atoms with Crippen LogP contribution in [-0.4, -0.2) is 5.78 Å². The Morgan fingerprint density at radius 3 is 1.76 bits per heavy atom. The first-order valence-electron chi connectivity index (χ1n) is 13.9. The largest absolute Gasteiger partial charge is 0.299 e. The summed E-state index contributed by atoms with van der Waals surface area (Å²) in [7, 11) is 0. The molecule has 1 heteroatoms. The van der Waals surface area contributed by atoms with Crippen molar-refractivity contribution in [1.82, 2.24) is 0 Å². The van der Waals surface area contributed by atoms with E-state index in [9.17, 15) is 4.79 Å². The molecule has 0 N–H and O–H groups in total. The molecule has 182 valence electrons. The van der Waals surface area contributed by atoms with Crippen molar-refractivity contribution in [3.05, 3.63) is 60.2 Å². The van der Waals surface area contributed by atoms with Crippen LogP contribution in [0.4, 0.5) is 0 Å². The van der Waals surface area contributed by atoms with Gasteiger partial charge in [0, 0.05) is 12.3 Å². The van der Waals surface area contributed by atoms with Gasteiger partial charge in [-0.1, -0.05) is 152 Å². The van der Waals surface area contributed by atoms with E-state index >= 15 is 0 Å². The number of benzene rings is 2. The minimum absolute atomic E-state index is 0.0390. The van der Waals surface area contributed by atoms with Gasteiger partial charge in [0.2, 0.25) is 0 Å². The maximum absolute atomic E-state index is 13.5. The number of hydrogen-bond donors (Lipinski definition) is 0. The first-order chi connectivity index (χ1) is 16.3.